The molecule has 0 amide bonds. The van der Waals surface area contributed by atoms with E-state index in [-0.39, 0.29) is 5.78 Å². The summed E-state index contributed by atoms with van der Waals surface area (Å²) in [5.74, 6) is -0.102. The van der Waals surface area contributed by atoms with Crippen LogP contribution in [0, 0.1) is 11.3 Å². The second-order valence-corrected chi connectivity index (χ2v) is 4.68. The quantitative estimate of drug-likeness (QED) is 0.783. The SMILES string of the molecule is N#CC1=C(c2ccc(Cl)cc2)C(=O)c2ccccc21. The topological polar surface area (TPSA) is 40.9 Å². The van der Waals surface area contributed by atoms with E-state index in [2.05, 4.69) is 6.07 Å². The Hall–Kier alpha value is -2.37. The van der Waals surface area contributed by atoms with E-state index < -0.39 is 0 Å². The maximum Gasteiger partial charge on any atom is 0.195 e. The zero-order chi connectivity index (χ0) is 13.4. The summed E-state index contributed by atoms with van der Waals surface area (Å²) in [6.45, 7) is 0. The van der Waals surface area contributed by atoms with E-state index in [1.165, 1.54) is 0 Å². The van der Waals surface area contributed by atoms with E-state index in [0.717, 1.165) is 5.56 Å². The first kappa shape index (κ1) is 11.7. The minimum atomic E-state index is -0.102. The maximum atomic E-state index is 12.4. The molecule has 19 heavy (non-hydrogen) atoms. The largest absolute Gasteiger partial charge is 0.289 e. The molecule has 0 heterocycles. The van der Waals surface area contributed by atoms with Crippen LogP contribution in [0.4, 0.5) is 0 Å². The van der Waals surface area contributed by atoms with Gasteiger partial charge in [0.05, 0.1) is 5.57 Å². The molecule has 3 rings (SSSR count). The van der Waals surface area contributed by atoms with Crippen molar-refractivity contribution in [3.05, 3.63) is 70.2 Å². The van der Waals surface area contributed by atoms with Crippen LogP contribution in [0.25, 0.3) is 11.1 Å². The molecule has 0 spiro atoms. The molecule has 0 aromatic heterocycles. The Morgan fingerprint density at radius 1 is 0.947 bits per heavy atom. The molecule has 1 aliphatic rings. The summed E-state index contributed by atoms with van der Waals surface area (Å²) in [7, 11) is 0. The molecule has 0 radical (unpaired) electrons. The van der Waals surface area contributed by atoms with Crippen LogP contribution >= 0.6 is 11.6 Å². The summed E-state index contributed by atoms with van der Waals surface area (Å²) in [6, 6.07) is 16.3. The number of fused-ring (bicyclic) bond motifs is 1. The van der Waals surface area contributed by atoms with Gasteiger partial charge in [0.2, 0.25) is 0 Å². The number of hydrogen-bond acceptors (Lipinski definition) is 2. The Labute approximate surface area is 115 Å². The van der Waals surface area contributed by atoms with Gasteiger partial charge in [-0.25, -0.2) is 0 Å². The average molecular weight is 266 g/mol. The monoisotopic (exact) mass is 265 g/mol. The molecule has 2 aromatic carbocycles. The summed E-state index contributed by atoms with van der Waals surface area (Å²) >= 11 is 5.85. The molecular formula is C16H8ClNO. The van der Waals surface area contributed by atoms with E-state index in [0.29, 0.717) is 27.3 Å². The molecule has 2 nitrogen and oxygen atoms in total. The van der Waals surface area contributed by atoms with Crippen molar-refractivity contribution in [2.45, 2.75) is 0 Å². The van der Waals surface area contributed by atoms with Crippen molar-refractivity contribution < 1.29 is 4.79 Å². The number of nitriles is 1. The number of Topliss-reactive ketones (excluding diaryl/α,β-unsaturated/α-hetero) is 1. The van der Waals surface area contributed by atoms with E-state index in [4.69, 9.17) is 11.6 Å². The lowest BCUT2D eigenvalue weighted by Gasteiger charge is -2.02. The van der Waals surface area contributed by atoms with Gasteiger partial charge in [-0.05, 0) is 17.7 Å². The van der Waals surface area contributed by atoms with E-state index in [1.807, 2.05) is 6.07 Å². The highest BCUT2D eigenvalue weighted by Gasteiger charge is 2.30. The fourth-order valence-corrected chi connectivity index (χ4v) is 2.42. The predicted octanol–water partition coefficient (Wildman–Crippen LogP) is 3.97. The van der Waals surface area contributed by atoms with Gasteiger partial charge < -0.3 is 0 Å². The van der Waals surface area contributed by atoms with Gasteiger partial charge in [-0.1, -0.05) is 48.0 Å². The first-order valence-corrected chi connectivity index (χ1v) is 6.14. The smallest absolute Gasteiger partial charge is 0.195 e. The van der Waals surface area contributed by atoms with Gasteiger partial charge in [0, 0.05) is 21.7 Å². The Morgan fingerprint density at radius 2 is 1.58 bits per heavy atom. The van der Waals surface area contributed by atoms with Crippen LogP contribution < -0.4 is 0 Å². The van der Waals surface area contributed by atoms with Crippen LogP contribution in [-0.4, -0.2) is 5.78 Å². The lowest BCUT2D eigenvalue weighted by molar-refractivity contribution is 0.105. The van der Waals surface area contributed by atoms with Crippen molar-refractivity contribution in [2.24, 2.45) is 0 Å². The van der Waals surface area contributed by atoms with Gasteiger partial charge in [0.15, 0.2) is 5.78 Å². The van der Waals surface area contributed by atoms with Crippen molar-refractivity contribution in [3.63, 3.8) is 0 Å². The van der Waals surface area contributed by atoms with Gasteiger partial charge in [0.25, 0.3) is 0 Å². The fraction of sp³-hybridized carbons (Fsp3) is 0. The molecule has 0 saturated heterocycles. The Morgan fingerprint density at radius 3 is 2.21 bits per heavy atom. The third-order valence-corrected chi connectivity index (χ3v) is 3.41. The van der Waals surface area contributed by atoms with Crippen LogP contribution in [0.5, 0.6) is 0 Å². The van der Waals surface area contributed by atoms with Crippen LogP contribution in [0.1, 0.15) is 21.5 Å². The van der Waals surface area contributed by atoms with Crippen molar-refractivity contribution in [2.75, 3.05) is 0 Å². The Balaban J connectivity index is 2.24. The summed E-state index contributed by atoms with van der Waals surface area (Å²) in [5.41, 5.74) is 2.91. The van der Waals surface area contributed by atoms with Gasteiger partial charge in [-0.15, -0.1) is 0 Å². The molecule has 0 aliphatic heterocycles. The minimum Gasteiger partial charge on any atom is -0.289 e. The molecule has 0 N–H and O–H groups in total. The highest BCUT2D eigenvalue weighted by atomic mass is 35.5. The molecule has 0 bridgehead atoms. The summed E-state index contributed by atoms with van der Waals surface area (Å²) in [6.07, 6.45) is 0. The number of carbonyl (C=O) groups excluding carboxylic acids is 1. The number of allylic oxidation sites excluding steroid dienone is 2. The normalized spacial score (nSPS) is 13.4. The molecule has 3 heteroatoms. The summed E-state index contributed by atoms with van der Waals surface area (Å²) < 4.78 is 0. The second kappa shape index (κ2) is 4.38. The van der Waals surface area contributed by atoms with Crippen LogP contribution in [0.3, 0.4) is 0 Å². The number of nitrogens with zero attached hydrogens (tertiary/aromatic N) is 1. The molecule has 0 atom stereocenters. The molecule has 1 aliphatic carbocycles. The lowest BCUT2D eigenvalue weighted by atomic mass is 10.0. The molecule has 0 fully saturated rings. The van der Waals surface area contributed by atoms with Crippen LogP contribution in [0.15, 0.2) is 48.5 Å². The summed E-state index contributed by atoms with van der Waals surface area (Å²) in [5, 5.41) is 9.93. The molecule has 2 aromatic rings. The number of ketones is 1. The predicted molar refractivity (Wildman–Crippen MR) is 74.7 cm³/mol. The Bertz CT molecular complexity index is 751. The molecule has 0 unspecified atom stereocenters. The number of carbonyl (C=O) groups is 1. The van der Waals surface area contributed by atoms with Crippen molar-refractivity contribution in [1.82, 2.24) is 0 Å². The minimum absolute atomic E-state index is 0.102. The zero-order valence-electron chi connectivity index (χ0n) is 9.85. The maximum absolute atomic E-state index is 12.4. The summed E-state index contributed by atoms with van der Waals surface area (Å²) in [4.78, 5) is 12.4. The standard InChI is InChI=1S/C16H8ClNO/c17-11-7-5-10(6-8-11)15-14(9-18)12-3-1-2-4-13(12)16(15)19/h1-8H. The van der Waals surface area contributed by atoms with Gasteiger partial charge in [0.1, 0.15) is 6.07 Å². The molecule has 0 saturated carbocycles. The first-order chi connectivity index (χ1) is 9.22. The van der Waals surface area contributed by atoms with E-state index in [1.54, 1.807) is 42.5 Å². The number of rotatable bonds is 1. The first-order valence-electron chi connectivity index (χ1n) is 5.77. The second-order valence-electron chi connectivity index (χ2n) is 4.24. The van der Waals surface area contributed by atoms with E-state index in [9.17, 15) is 10.1 Å². The highest BCUT2D eigenvalue weighted by molar-refractivity contribution is 6.41. The Kier molecular flexibility index (Phi) is 2.70. The fourth-order valence-electron chi connectivity index (χ4n) is 2.29. The number of hydrogen-bond donors (Lipinski definition) is 0. The van der Waals surface area contributed by atoms with Gasteiger partial charge in [-0.3, -0.25) is 4.79 Å². The number of halogens is 1. The van der Waals surface area contributed by atoms with Crippen molar-refractivity contribution >= 4 is 28.5 Å². The highest BCUT2D eigenvalue weighted by Crippen LogP contribution is 2.37. The molecule has 90 valence electrons. The van der Waals surface area contributed by atoms with E-state index >= 15 is 0 Å². The van der Waals surface area contributed by atoms with Crippen molar-refractivity contribution in [1.29, 1.82) is 5.26 Å². The average Bonchev–Trinajstić information content (AvgIpc) is 2.73. The zero-order valence-corrected chi connectivity index (χ0v) is 10.6. The van der Waals surface area contributed by atoms with Crippen molar-refractivity contribution in [3.8, 4) is 6.07 Å². The third kappa shape index (κ3) is 1.76. The lowest BCUT2D eigenvalue weighted by Crippen LogP contribution is -1.97. The van der Waals surface area contributed by atoms with Gasteiger partial charge >= 0.3 is 0 Å². The van der Waals surface area contributed by atoms with Crippen LogP contribution in [0.2, 0.25) is 5.02 Å². The van der Waals surface area contributed by atoms with Crippen LogP contribution in [-0.2, 0) is 0 Å². The van der Waals surface area contributed by atoms with Gasteiger partial charge in [-0.2, -0.15) is 5.26 Å². The molecular weight excluding hydrogens is 258 g/mol. The number of benzene rings is 2. The third-order valence-electron chi connectivity index (χ3n) is 3.16.